The van der Waals surface area contributed by atoms with Gasteiger partial charge in [0, 0.05) is 0 Å². The van der Waals surface area contributed by atoms with Crippen molar-refractivity contribution in [2.24, 2.45) is 0 Å². The highest BCUT2D eigenvalue weighted by molar-refractivity contribution is 6.11. The number of fused-ring (bicyclic) bond motifs is 1. The van der Waals surface area contributed by atoms with E-state index in [9.17, 15) is 0 Å². The van der Waals surface area contributed by atoms with E-state index < -0.39 is 0 Å². The van der Waals surface area contributed by atoms with Crippen LogP contribution in [0.5, 0.6) is 0 Å². The Hall–Kier alpha value is -3.90. The lowest BCUT2D eigenvalue weighted by Crippen LogP contribution is -1.96. The zero-order valence-corrected chi connectivity index (χ0v) is 19.1. The van der Waals surface area contributed by atoms with E-state index in [1.807, 2.05) is 44.2 Å². The van der Waals surface area contributed by atoms with Gasteiger partial charge in [-0.25, -0.2) is 0 Å². The van der Waals surface area contributed by atoms with E-state index >= 15 is 0 Å². The smallest absolute Gasteiger partial charge is 0.00264 e. The molecule has 0 bridgehead atoms. The monoisotopic (exact) mass is 414 g/mol. The Kier molecular flexibility index (Phi) is 7.41. The van der Waals surface area contributed by atoms with Gasteiger partial charge in [0.15, 0.2) is 0 Å². The molecule has 0 aliphatic heterocycles. The maximum absolute atomic E-state index is 4.16. The molecule has 0 saturated heterocycles. The lowest BCUT2D eigenvalue weighted by atomic mass is 9.83. The van der Waals surface area contributed by atoms with Crippen LogP contribution < -0.4 is 0 Å². The highest BCUT2D eigenvalue weighted by Crippen LogP contribution is 2.43. The molecule has 0 fully saturated rings. The van der Waals surface area contributed by atoms with Crippen molar-refractivity contribution < 1.29 is 0 Å². The first-order valence-corrected chi connectivity index (χ1v) is 11.0. The Balaban J connectivity index is 0.00000141. The van der Waals surface area contributed by atoms with Crippen molar-refractivity contribution >= 4 is 35.1 Å². The van der Waals surface area contributed by atoms with Crippen LogP contribution in [-0.2, 0) is 0 Å². The molecule has 4 aromatic rings. The molecule has 0 heterocycles. The minimum Gasteiger partial charge on any atom is -0.0984 e. The fourth-order valence-corrected chi connectivity index (χ4v) is 4.22. The molecular formula is C32H30. The summed E-state index contributed by atoms with van der Waals surface area (Å²) in [7, 11) is 0. The summed E-state index contributed by atoms with van der Waals surface area (Å²) in [5.74, 6) is 0. The van der Waals surface area contributed by atoms with Crippen LogP contribution in [0.15, 0.2) is 99.1 Å². The van der Waals surface area contributed by atoms with Crippen LogP contribution in [0.3, 0.4) is 0 Å². The third kappa shape index (κ3) is 4.00. The molecule has 32 heavy (non-hydrogen) atoms. The predicted molar refractivity (Wildman–Crippen MR) is 147 cm³/mol. The van der Waals surface area contributed by atoms with Crippen molar-refractivity contribution in [1.29, 1.82) is 0 Å². The number of hydrogen-bond acceptors (Lipinski definition) is 0. The van der Waals surface area contributed by atoms with Crippen LogP contribution >= 0.6 is 0 Å². The van der Waals surface area contributed by atoms with Crippen LogP contribution in [0.2, 0.25) is 0 Å². The zero-order valence-electron chi connectivity index (χ0n) is 19.1. The first-order chi connectivity index (χ1) is 15.7. The van der Waals surface area contributed by atoms with Gasteiger partial charge in [-0.15, -0.1) is 0 Å². The lowest BCUT2D eigenvalue weighted by molar-refractivity contribution is 1.50. The van der Waals surface area contributed by atoms with Gasteiger partial charge in [-0.2, -0.15) is 0 Å². The molecule has 0 aliphatic rings. The molecule has 4 aromatic carbocycles. The fraction of sp³-hybridized carbons (Fsp3) is 0.0625. The molecule has 0 atom stereocenters. The first-order valence-electron chi connectivity index (χ1n) is 11.0. The second kappa shape index (κ2) is 10.4. The van der Waals surface area contributed by atoms with Crippen molar-refractivity contribution in [2.75, 3.05) is 0 Å². The fourth-order valence-electron chi connectivity index (χ4n) is 4.22. The van der Waals surface area contributed by atoms with Gasteiger partial charge in [-0.05, 0) is 61.3 Å². The second-order valence-electron chi connectivity index (χ2n) is 7.15. The average molecular weight is 415 g/mol. The van der Waals surface area contributed by atoms with E-state index in [-0.39, 0.29) is 0 Å². The summed E-state index contributed by atoms with van der Waals surface area (Å²) in [6.45, 7) is 20.2. The molecule has 0 nitrogen and oxygen atoms in total. The van der Waals surface area contributed by atoms with Gasteiger partial charge in [0.2, 0.25) is 0 Å². The molecule has 4 rings (SSSR count). The summed E-state index contributed by atoms with van der Waals surface area (Å²) in [4.78, 5) is 0. The van der Waals surface area contributed by atoms with E-state index in [1.54, 1.807) is 0 Å². The first kappa shape index (κ1) is 22.8. The second-order valence-corrected chi connectivity index (χ2v) is 7.15. The quantitative estimate of drug-likeness (QED) is 0.294. The molecule has 0 unspecified atom stereocenters. The molecule has 0 N–H and O–H groups in total. The average Bonchev–Trinajstić information content (AvgIpc) is 2.88. The topological polar surface area (TPSA) is 0 Å². The van der Waals surface area contributed by atoms with Gasteiger partial charge in [-0.1, -0.05) is 131 Å². The van der Waals surface area contributed by atoms with Crippen LogP contribution in [0.4, 0.5) is 0 Å². The molecule has 0 spiro atoms. The van der Waals surface area contributed by atoms with Crippen molar-refractivity contribution in [2.45, 2.75) is 13.8 Å². The maximum Gasteiger partial charge on any atom is -0.00264 e. The third-order valence-corrected chi connectivity index (χ3v) is 5.58. The van der Waals surface area contributed by atoms with Gasteiger partial charge < -0.3 is 0 Å². The van der Waals surface area contributed by atoms with Crippen LogP contribution in [-0.4, -0.2) is 0 Å². The number of benzene rings is 4. The zero-order chi connectivity index (χ0) is 23.1. The Morgan fingerprint density at radius 1 is 0.500 bits per heavy atom. The van der Waals surface area contributed by atoms with Crippen LogP contribution in [0.1, 0.15) is 36.1 Å². The molecule has 0 aliphatic carbocycles. The molecule has 0 heteroatoms. The standard InChI is InChI=1S/C30H24.C2H6/c1-5-21-18-19-24(20-22(21)6-2)30-26(8-4)25(7-3)29(23-14-10-9-11-15-23)27-16-12-13-17-28(27)30;1-2/h5-20H,1-4H2;1-2H3. The van der Waals surface area contributed by atoms with Crippen molar-refractivity contribution in [3.05, 3.63) is 121 Å². The van der Waals surface area contributed by atoms with E-state index in [0.29, 0.717) is 0 Å². The molecule has 158 valence electrons. The van der Waals surface area contributed by atoms with Crippen molar-refractivity contribution in [1.82, 2.24) is 0 Å². The third-order valence-electron chi connectivity index (χ3n) is 5.58. The number of rotatable bonds is 6. The largest absolute Gasteiger partial charge is 0.0984 e. The van der Waals surface area contributed by atoms with E-state index in [0.717, 1.165) is 33.4 Å². The maximum atomic E-state index is 4.16. The van der Waals surface area contributed by atoms with E-state index in [1.165, 1.54) is 21.9 Å². The van der Waals surface area contributed by atoms with E-state index in [2.05, 4.69) is 93.0 Å². The summed E-state index contributed by atoms with van der Waals surface area (Å²) < 4.78 is 0. The Morgan fingerprint density at radius 3 is 1.50 bits per heavy atom. The molecule has 0 radical (unpaired) electrons. The van der Waals surface area contributed by atoms with E-state index in [4.69, 9.17) is 0 Å². The van der Waals surface area contributed by atoms with Gasteiger partial charge >= 0.3 is 0 Å². The molecule has 0 saturated carbocycles. The van der Waals surface area contributed by atoms with Crippen LogP contribution in [0, 0.1) is 0 Å². The van der Waals surface area contributed by atoms with Gasteiger partial charge in [-0.3, -0.25) is 0 Å². The molecule has 0 aromatic heterocycles. The molecular weight excluding hydrogens is 384 g/mol. The van der Waals surface area contributed by atoms with Gasteiger partial charge in [0.05, 0.1) is 0 Å². The normalized spacial score (nSPS) is 10.1. The highest BCUT2D eigenvalue weighted by atomic mass is 14.2. The predicted octanol–water partition coefficient (Wildman–Crippen LogP) is 9.77. The van der Waals surface area contributed by atoms with Crippen molar-refractivity contribution in [3.8, 4) is 22.3 Å². The summed E-state index contributed by atoms with van der Waals surface area (Å²) in [6.07, 6.45) is 7.63. The minimum atomic E-state index is 1.06. The molecule has 0 amide bonds. The summed E-state index contributed by atoms with van der Waals surface area (Å²) in [6, 6.07) is 25.5. The van der Waals surface area contributed by atoms with Gasteiger partial charge in [0.25, 0.3) is 0 Å². The summed E-state index contributed by atoms with van der Waals surface area (Å²) >= 11 is 0. The summed E-state index contributed by atoms with van der Waals surface area (Å²) in [5.41, 5.74) is 8.97. The Labute approximate surface area is 192 Å². The Bertz CT molecular complexity index is 1290. The van der Waals surface area contributed by atoms with Crippen molar-refractivity contribution in [3.63, 3.8) is 0 Å². The SMILES string of the molecule is C=Cc1ccc(-c2c(C=C)c(C=C)c(-c3ccccc3)c3ccccc23)cc1C=C.CC. The lowest BCUT2D eigenvalue weighted by Gasteiger charge is -2.20. The summed E-state index contributed by atoms with van der Waals surface area (Å²) in [5, 5.41) is 2.39. The number of hydrogen-bond donors (Lipinski definition) is 0. The minimum absolute atomic E-state index is 1.06. The highest BCUT2D eigenvalue weighted by Gasteiger charge is 2.18. The van der Waals surface area contributed by atoms with Gasteiger partial charge in [0.1, 0.15) is 0 Å². The Morgan fingerprint density at radius 2 is 1.00 bits per heavy atom. The van der Waals surface area contributed by atoms with Crippen LogP contribution in [0.25, 0.3) is 57.3 Å².